The lowest BCUT2D eigenvalue weighted by Gasteiger charge is -2.12. The van der Waals surface area contributed by atoms with E-state index in [2.05, 4.69) is 22.0 Å². The van der Waals surface area contributed by atoms with E-state index in [-0.39, 0.29) is 11.2 Å². The van der Waals surface area contributed by atoms with E-state index in [1.54, 1.807) is 12.1 Å². The number of phenols is 1. The number of hydrogen-bond donors (Lipinski definition) is 1. The molecule has 1 aliphatic rings. The van der Waals surface area contributed by atoms with Gasteiger partial charge in [-0.3, -0.25) is 0 Å². The van der Waals surface area contributed by atoms with Crippen molar-refractivity contribution in [3.05, 3.63) is 22.2 Å². The Kier molecular flexibility index (Phi) is 2.35. The largest absolute Gasteiger partial charge is 0.504 e. The van der Waals surface area contributed by atoms with Crippen molar-refractivity contribution in [3.63, 3.8) is 0 Å². The van der Waals surface area contributed by atoms with E-state index >= 15 is 0 Å². The molecule has 0 saturated heterocycles. The molecule has 0 aromatic heterocycles. The van der Waals surface area contributed by atoms with Gasteiger partial charge in [0.1, 0.15) is 0 Å². The quantitative estimate of drug-likeness (QED) is 0.897. The fourth-order valence-electron chi connectivity index (χ4n) is 1.64. The highest BCUT2D eigenvalue weighted by molar-refractivity contribution is 9.10. The predicted molar refractivity (Wildman–Crippen MR) is 58.9 cm³/mol. The van der Waals surface area contributed by atoms with Gasteiger partial charge in [-0.15, -0.1) is 0 Å². The Balaban J connectivity index is 2.54. The molecule has 0 amide bonds. The number of nitriles is 1. The van der Waals surface area contributed by atoms with E-state index < -0.39 is 0 Å². The van der Waals surface area contributed by atoms with Crippen LogP contribution in [0.3, 0.4) is 0 Å². The molecule has 15 heavy (non-hydrogen) atoms. The zero-order chi connectivity index (χ0) is 11.1. The highest BCUT2D eigenvalue weighted by Crippen LogP contribution is 2.51. The molecule has 1 saturated carbocycles. The number of methoxy groups -OCH3 is 1. The van der Waals surface area contributed by atoms with Crippen LogP contribution in [0.25, 0.3) is 0 Å². The van der Waals surface area contributed by atoms with Gasteiger partial charge >= 0.3 is 0 Å². The van der Waals surface area contributed by atoms with E-state index in [4.69, 9.17) is 10.00 Å². The van der Waals surface area contributed by atoms with E-state index in [1.165, 1.54) is 7.11 Å². The van der Waals surface area contributed by atoms with Crippen LogP contribution in [0.5, 0.6) is 11.5 Å². The molecule has 1 aromatic carbocycles. The van der Waals surface area contributed by atoms with Crippen molar-refractivity contribution in [3.8, 4) is 17.6 Å². The van der Waals surface area contributed by atoms with Crippen LogP contribution in [0.1, 0.15) is 18.4 Å². The average Bonchev–Trinajstić information content (AvgIpc) is 2.99. The number of hydrogen-bond acceptors (Lipinski definition) is 3. The molecule has 1 fully saturated rings. The maximum Gasteiger partial charge on any atom is 0.160 e. The number of rotatable bonds is 2. The van der Waals surface area contributed by atoms with Crippen LogP contribution in [0.4, 0.5) is 0 Å². The first-order valence-corrected chi connectivity index (χ1v) is 5.40. The summed E-state index contributed by atoms with van der Waals surface area (Å²) in [5, 5.41) is 18.6. The molecular weight excluding hydrogens is 258 g/mol. The monoisotopic (exact) mass is 267 g/mol. The zero-order valence-electron chi connectivity index (χ0n) is 8.25. The van der Waals surface area contributed by atoms with Crippen LogP contribution in [0.15, 0.2) is 16.6 Å². The lowest BCUT2D eigenvalue weighted by atomic mass is 9.97. The van der Waals surface area contributed by atoms with Gasteiger partial charge in [0, 0.05) is 4.47 Å². The molecule has 78 valence electrons. The van der Waals surface area contributed by atoms with Crippen molar-refractivity contribution in [2.75, 3.05) is 7.11 Å². The van der Waals surface area contributed by atoms with E-state index in [9.17, 15) is 5.11 Å². The highest BCUT2D eigenvalue weighted by atomic mass is 79.9. The van der Waals surface area contributed by atoms with Crippen LogP contribution < -0.4 is 4.74 Å². The number of ether oxygens (including phenoxy) is 1. The summed E-state index contributed by atoms with van der Waals surface area (Å²) in [5.41, 5.74) is 0.527. The van der Waals surface area contributed by atoms with Crippen molar-refractivity contribution in [2.45, 2.75) is 18.3 Å². The van der Waals surface area contributed by atoms with Crippen molar-refractivity contribution >= 4 is 15.9 Å². The van der Waals surface area contributed by atoms with E-state index in [0.29, 0.717) is 5.75 Å². The lowest BCUT2D eigenvalue weighted by Crippen LogP contribution is -2.04. The van der Waals surface area contributed by atoms with Gasteiger partial charge in [-0.2, -0.15) is 5.26 Å². The summed E-state index contributed by atoms with van der Waals surface area (Å²) in [6.07, 6.45) is 1.74. The maximum atomic E-state index is 9.54. The molecular formula is C11H10BrNO2. The molecule has 0 aliphatic heterocycles. The van der Waals surface area contributed by atoms with E-state index in [1.807, 2.05) is 0 Å². The van der Waals surface area contributed by atoms with Gasteiger partial charge in [-0.25, -0.2) is 0 Å². The van der Waals surface area contributed by atoms with Crippen LogP contribution in [-0.4, -0.2) is 12.2 Å². The third-order valence-electron chi connectivity index (χ3n) is 2.75. The summed E-state index contributed by atoms with van der Waals surface area (Å²) in [5.74, 6) is 0.497. The molecule has 1 aromatic rings. The topological polar surface area (TPSA) is 53.2 Å². The minimum atomic E-state index is -0.375. The zero-order valence-corrected chi connectivity index (χ0v) is 9.84. The van der Waals surface area contributed by atoms with Crippen LogP contribution in [0.2, 0.25) is 0 Å². The number of halogens is 1. The summed E-state index contributed by atoms with van der Waals surface area (Å²) in [6.45, 7) is 0. The number of phenolic OH excluding ortho intramolecular Hbond substituents is 1. The second kappa shape index (κ2) is 3.42. The average molecular weight is 268 g/mol. The number of aromatic hydroxyl groups is 1. The van der Waals surface area contributed by atoms with Gasteiger partial charge in [-0.05, 0) is 30.5 Å². The number of nitrogens with zero attached hydrogens (tertiary/aromatic N) is 1. The van der Waals surface area contributed by atoms with Gasteiger partial charge in [-0.1, -0.05) is 15.9 Å². The second-order valence-corrected chi connectivity index (χ2v) is 4.55. The Bertz CT molecular complexity index is 447. The fraction of sp³-hybridized carbons (Fsp3) is 0.364. The van der Waals surface area contributed by atoms with Gasteiger partial charge in [0.05, 0.1) is 18.6 Å². The molecule has 0 bridgehead atoms. The van der Waals surface area contributed by atoms with Gasteiger partial charge in [0.2, 0.25) is 0 Å². The molecule has 1 aliphatic carbocycles. The summed E-state index contributed by atoms with van der Waals surface area (Å²) in [4.78, 5) is 0. The lowest BCUT2D eigenvalue weighted by molar-refractivity contribution is 0.372. The van der Waals surface area contributed by atoms with Crippen LogP contribution in [-0.2, 0) is 5.41 Å². The van der Waals surface area contributed by atoms with Crippen molar-refractivity contribution in [1.29, 1.82) is 5.26 Å². The first-order chi connectivity index (χ1) is 7.13. The molecule has 2 rings (SSSR count). The minimum absolute atomic E-state index is 0.0851. The molecule has 1 N–H and O–H groups in total. The third-order valence-corrected chi connectivity index (χ3v) is 3.40. The van der Waals surface area contributed by atoms with Gasteiger partial charge in [0.15, 0.2) is 11.5 Å². The van der Waals surface area contributed by atoms with Crippen LogP contribution >= 0.6 is 15.9 Å². The Labute approximate surface area is 96.4 Å². The first-order valence-electron chi connectivity index (χ1n) is 4.61. The summed E-state index contributed by atoms with van der Waals surface area (Å²) < 4.78 is 5.79. The molecule has 0 unspecified atom stereocenters. The van der Waals surface area contributed by atoms with Crippen molar-refractivity contribution < 1.29 is 9.84 Å². The molecule has 0 radical (unpaired) electrons. The molecule has 0 atom stereocenters. The third kappa shape index (κ3) is 1.57. The Hall–Kier alpha value is -1.21. The first kappa shape index (κ1) is 10.3. The summed E-state index contributed by atoms with van der Waals surface area (Å²) in [7, 11) is 1.50. The normalized spacial score (nSPS) is 16.9. The molecule has 0 spiro atoms. The van der Waals surface area contributed by atoms with Crippen molar-refractivity contribution in [1.82, 2.24) is 0 Å². The van der Waals surface area contributed by atoms with Gasteiger partial charge < -0.3 is 9.84 Å². The van der Waals surface area contributed by atoms with Crippen LogP contribution in [0, 0.1) is 11.3 Å². The second-order valence-electron chi connectivity index (χ2n) is 3.70. The summed E-state index contributed by atoms with van der Waals surface area (Å²) in [6, 6.07) is 5.62. The Morgan fingerprint density at radius 2 is 2.20 bits per heavy atom. The van der Waals surface area contributed by atoms with Crippen molar-refractivity contribution in [2.24, 2.45) is 0 Å². The summed E-state index contributed by atoms with van der Waals surface area (Å²) >= 11 is 3.36. The van der Waals surface area contributed by atoms with Gasteiger partial charge in [0.25, 0.3) is 0 Å². The molecule has 3 nitrogen and oxygen atoms in total. The highest BCUT2D eigenvalue weighted by Gasteiger charge is 2.46. The SMILES string of the molecule is COc1cc(C2(C#N)CC2)c(Br)cc1O. The smallest absolute Gasteiger partial charge is 0.160 e. The molecule has 0 heterocycles. The maximum absolute atomic E-state index is 9.54. The minimum Gasteiger partial charge on any atom is -0.504 e. The molecule has 4 heteroatoms. The predicted octanol–water partition coefficient (Wildman–Crippen LogP) is 2.72. The number of benzene rings is 1. The Morgan fingerprint density at radius 3 is 2.67 bits per heavy atom. The Morgan fingerprint density at radius 1 is 1.53 bits per heavy atom. The van der Waals surface area contributed by atoms with E-state index in [0.717, 1.165) is 22.9 Å². The fourth-order valence-corrected chi connectivity index (χ4v) is 2.35. The standard InChI is InChI=1S/C11H10BrNO2/c1-15-10-4-7(8(12)5-9(10)14)11(6-13)2-3-11/h4-5,14H,2-3H2,1H3.